The Kier molecular flexibility index (Phi) is 4.39. The van der Waals surface area contributed by atoms with Gasteiger partial charge in [0.25, 0.3) is 5.91 Å². The van der Waals surface area contributed by atoms with Crippen LogP contribution in [-0.2, 0) is 11.2 Å². The van der Waals surface area contributed by atoms with Crippen molar-refractivity contribution in [2.75, 3.05) is 0 Å². The van der Waals surface area contributed by atoms with E-state index in [0.717, 1.165) is 27.3 Å². The van der Waals surface area contributed by atoms with Crippen LogP contribution in [0.1, 0.15) is 21.8 Å². The summed E-state index contributed by atoms with van der Waals surface area (Å²) in [6, 6.07) is 4.62. The Morgan fingerprint density at radius 1 is 1.46 bits per heavy atom. The van der Waals surface area contributed by atoms with Gasteiger partial charge in [0.05, 0.1) is 0 Å². The minimum Gasteiger partial charge on any atom is -0.480 e. The van der Waals surface area contributed by atoms with E-state index in [4.69, 9.17) is 4.42 Å². The molecule has 0 bridgehead atoms. The summed E-state index contributed by atoms with van der Waals surface area (Å²) in [5, 5.41) is 12.8. The fraction of sp³-hybridized carbons (Fsp3) is 0.188. The number of benzene rings is 1. The van der Waals surface area contributed by atoms with Crippen molar-refractivity contribution in [1.82, 2.24) is 15.3 Å². The van der Waals surface area contributed by atoms with Crippen LogP contribution >= 0.6 is 15.9 Å². The maximum absolute atomic E-state index is 12.2. The van der Waals surface area contributed by atoms with Crippen LogP contribution in [0.25, 0.3) is 10.9 Å². The van der Waals surface area contributed by atoms with Crippen LogP contribution in [0, 0.1) is 6.92 Å². The van der Waals surface area contributed by atoms with E-state index in [1.54, 1.807) is 13.1 Å². The molecule has 24 heavy (non-hydrogen) atoms. The lowest BCUT2D eigenvalue weighted by molar-refractivity contribution is -0.139. The number of hydrogen-bond donors (Lipinski definition) is 3. The number of nitrogens with zero attached hydrogens (tertiary/aromatic N) is 1. The lowest BCUT2D eigenvalue weighted by Crippen LogP contribution is -2.42. The summed E-state index contributed by atoms with van der Waals surface area (Å²) in [6.45, 7) is 1.59. The number of fused-ring (bicyclic) bond motifs is 1. The standard InChI is InChI=1S/C16H14BrN3O4/c1-8-14(19-7-24-8)15(21)20-13(16(22)23)4-9-6-18-12-3-2-10(17)5-11(9)12/h2-3,5-7,13,18H,4H2,1H3,(H,20,21)(H,22,23). The predicted octanol–water partition coefficient (Wildman–Crippen LogP) is 2.65. The van der Waals surface area contributed by atoms with Crippen LogP contribution in [0.15, 0.2) is 39.7 Å². The maximum atomic E-state index is 12.2. The third-order valence-corrected chi connectivity index (χ3v) is 4.21. The molecule has 1 amide bonds. The van der Waals surface area contributed by atoms with Gasteiger partial charge in [0.2, 0.25) is 0 Å². The molecule has 3 rings (SSSR count). The number of carbonyl (C=O) groups excluding carboxylic acids is 1. The monoisotopic (exact) mass is 391 g/mol. The van der Waals surface area contributed by atoms with Crippen molar-refractivity contribution < 1.29 is 19.1 Å². The molecule has 3 aromatic rings. The van der Waals surface area contributed by atoms with Crippen molar-refractivity contribution in [3.05, 3.63) is 52.3 Å². The van der Waals surface area contributed by atoms with E-state index in [0.29, 0.717) is 5.76 Å². The van der Waals surface area contributed by atoms with Crippen molar-refractivity contribution in [3.63, 3.8) is 0 Å². The van der Waals surface area contributed by atoms with Crippen LogP contribution in [0.2, 0.25) is 0 Å². The van der Waals surface area contributed by atoms with Crippen molar-refractivity contribution in [3.8, 4) is 0 Å². The molecule has 0 saturated carbocycles. The number of halogens is 1. The number of carbonyl (C=O) groups is 2. The summed E-state index contributed by atoms with van der Waals surface area (Å²) in [4.78, 5) is 30.6. The van der Waals surface area contributed by atoms with Gasteiger partial charge in [-0.2, -0.15) is 0 Å². The van der Waals surface area contributed by atoms with E-state index in [1.807, 2.05) is 18.2 Å². The van der Waals surface area contributed by atoms with Crippen LogP contribution in [0.4, 0.5) is 0 Å². The molecule has 0 radical (unpaired) electrons. The van der Waals surface area contributed by atoms with E-state index in [9.17, 15) is 14.7 Å². The van der Waals surface area contributed by atoms with E-state index in [-0.39, 0.29) is 12.1 Å². The number of oxazole rings is 1. The maximum Gasteiger partial charge on any atom is 0.326 e. The third-order valence-electron chi connectivity index (χ3n) is 3.72. The average molecular weight is 392 g/mol. The Labute approximate surface area is 145 Å². The Bertz CT molecular complexity index is 915. The number of aromatic nitrogens is 2. The van der Waals surface area contributed by atoms with Crippen LogP contribution in [0.3, 0.4) is 0 Å². The van der Waals surface area contributed by atoms with E-state index in [2.05, 4.69) is 31.2 Å². The molecule has 2 heterocycles. The average Bonchev–Trinajstić information content (AvgIpc) is 3.13. The van der Waals surface area contributed by atoms with Gasteiger partial charge in [0.15, 0.2) is 12.1 Å². The van der Waals surface area contributed by atoms with E-state index in [1.165, 1.54) is 0 Å². The highest BCUT2D eigenvalue weighted by Crippen LogP contribution is 2.23. The minimum absolute atomic E-state index is 0.0860. The number of aryl methyl sites for hydroxylation is 1. The van der Waals surface area contributed by atoms with E-state index < -0.39 is 17.9 Å². The number of hydrogen-bond acceptors (Lipinski definition) is 4. The zero-order valence-electron chi connectivity index (χ0n) is 12.7. The Balaban J connectivity index is 1.83. The number of carboxylic acid groups (broad SMARTS) is 1. The van der Waals surface area contributed by atoms with Gasteiger partial charge in [0.1, 0.15) is 11.8 Å². The molecule has 3 N–H and O–H groups in total. The summed E-state index contributed by atoms with van der Waals surface area (Å²) in [6.07, 6.45) is 3.05. The highest BCUT2D eigenvalue weighted by Gasteiger charge is 2.24. The molecule has 2 aromatic heterocycles. The second kappa shape index (κ2) is 6.48. The van der Waals surface area contributed by atoms with Gasteiger partial charge in [-0.25, -0.2) is 9.78 Å². The van der Waals surface area contributed by atoms with Crippen LogP contribution in [-0.4, -0.2) is 33.0 Å². The normalized spacial score (nSPS) is 12.2. The van der Waals surface area contributed by atoms with Gasteiger partial charge >= 0.3 is 5.97 Å². The first-order chi connectivity index (χ1) is 11.5. The number of rotatable bonds is 5. The Morgan fingerprint density at radius 2 is 2.25 bits per heavy atom. The number of aliphatic carboxylic acids is 1. The number of H-pyrrole nitrogens is 1. The molecule has 0 aliphatic heterocycles. The molecule has 0 fully saturated rings. The number of amides is 1. The van der Waals surface area contributed by atoms with Crippen molar-refractivity contribution >= 4 is 38.7 Å². The molecule has 124 valence electrons. The Morgan fingerprint density at radius 3 is 2.92 bits per heavy atom. The van der Waals surface area contributed by atoms with Crippen molar-refractivity contribution in [2.45, 2.75) is 19.4 Å². The molecule has 1 unspecified atom stereocenters. The summed E-state index contributed by atoms with van der Waals surface area (Å²) >= 11 is 3.40. The van der Waals surface area contributed by atoms with Gasteiger partial charge in [-0.15, -0.1) is 0 Å². The molecule has 1 atom stereocenters. The van der Waals surface area contributed by atoms with E-state index >= 15 is 0 Å². The summed E-state index contributed by atoms with van der Waals surface area (Å²) in [5.41, 5.74) is 1.79. The lowest BCUT2D eigenvalue weighted by Gasteiger charge is -2.13. The third kappa shape index (κ3) is 3.18. The second-order valence-electron chi connectivity index (χ2n) is 5.33. The van der Waals surface area contributed by atoms with Gasteiger partial charge in [-0.3, -0.25) is 4.79 Å². The van der Waals surface area contributed by atoms with Crippen LogP contribution < -0.4 is 5.32 Å². The summed E-state index contributed by atoms with van der Waals surface area (Å²) < 4.78 is 5.87. The molecule has 1 aromatic carbocycles. The first kappa shape index (κ1) is 16.3. The number of aromatic amines is 1. The zero-order chi connectivity index (χ0) is 17.3. The molecule has 7 nitrogen and oxygen atoms in total. The highest BCUT2D eigenvalue weighted by molar-refractivity contribution is 9.10. The fourth-order valence-corrected chi connectivity index (χ4v) is 2.85. The molecule has 0 spiro atoms. The van der Waals surface area contributed by atoms with Gasteiger partial charge in [-0.05, 0) is 30.7 Å². The Hall–Kier alpha value is -2.61. The second-order valence-corrected chi connectivity index (χ2v) is 6.25. The summed E-state index contributed by atoms with van der Waals surface area (Å²) in [5.74, 6) is -1.35. The quantitative estimate of drug-likeness (QED) is 0.619. The zero-order valence-corrected chi connectivity index (χ0v) is 14.3. The number of nitrogens with one attached hydrogen (secondary N) is 2. The number of carboxylic acids is 1. The first-order valence-electron chi connectivity index (χ1n) is 7.15. The molecule has 0 aliphatic carbocycles. The molecule has 8 heteroatoms. The smallest absolute Gasteiger partial charge is 0.326 e. The summed E-state index contributed by atoms with van der Waals surface area (Å²) in [7, 11) is 0. The fourth-order valence-electron chi connectivity index (χ4n) is 2.49. The first-order valence-corrected chi connectivity index (χ1v) is 7.94. The van der Waals surface area contributed by atoms with Crippen molar-refractivity contribution in [2.24, 2.45) is 0 Å². The highest BCUT2D eigenvalue weighted by atomic mass is 79.9. The van der Waals surface area contributed by atoms with Gasteiger partial charge < -0.3 is 19.8 Å². The van der Waals surface area contributed by atoms with Crippen LogP contribution in [0.5, 0.6) is 0 Å². The van der Waals surface area contributed by atoms with Gasteiger partial charge in [0, 0.05) is 28.0 Å². The molecular formula is C16H14BrN3O4. The topological polar surface area (TPSA) is 108 Å². The molecular weight excluding hydrogens is 378 g/mol. The predicted molar refractivity (Wildman–Crippen MR) is 89.8 cm³/mol. The molecule has 0 aliphatic rings. The van der Waals surface area contributed by atoms with Crippen molar-refractivity contribution in [1.29, 1.82) is 0 Å². The SMILES string of the molecule is Cc1ocnc1C(=O)NC(Cc1c[nH]c2ccc(Br)cc12)C(=O)O. The minimum atomic E-state index is -1.12. The largest absolute Gasteiger partial charge is 0.480 e. The molecule has 0 saturated heterocycles. The van der Waals surface area contributed by atoms with Gasteiger partial charge in [-0.1, -0.05) is 15.9 Å². The lowest BCUT2D eigenvalue weighted by atomic mass is 10.0.